The van der Waals surface area contributed by atoms with E-state index in [9.17, 15) is 9.90 Å². The summed E-state index contributed by atoms with van der Waals surface area (Å²) in [6, 6.07) is 7.29. The molecule has 2 heterocycles. The standard InChI is InChI=1S/C15H17ClN4O2/c1-10-17-14(15(22)19-8-6-11(21)7-9-19)18-20(10)13-5-3-2-4-12(13)16/h2-5,11,21H,6-9H2,1H3. The fourth-order valence-electron chi connectivity index (χ4n) is 2.54. The number of benzene rings is 1. The molecule has 1 amide bonds. The van der Waals surface area contributed by atoms with Crippen molar-refractivity contribution in [3.05, 3.63) is 40.9 Å². The molecule has 2 aromatic rings. The number of aromatic nitrogens is 3. The fraction of sp³-hybridized carbons (Fsp3) is 0.400. The van der Waals surface area contributed by atoms with Crippen molar-refractivity contribution in [1.29, 1.82) is 0 Å². The Kier molecular flexibility index (Phi) is 4.13. The van der Waals surface area contributed by atoms with Crippen LogP contribution < -0.4 is 0 Å². The second-order valence-corrected chi connectivity index (χ2v) is 5.78. The molecule has 0 unspecified atom stereocenters. The van der Waals surface area contributed by atoms with Gasteiger partial charge < -0.3 is 10.0 Å². The second kappa shape index (κ2) is 6.06. The molecular weight excluding hydrogens is 304 g/mol. The first-order valence-corrected chi connectivity index (χ1v) is 7.60. The van der Waals surface area contributed by atoms with Crippen LogP contribution in [-0.2, 0) is 0 Å². The number of para-hydroxylation sites is 1. The molecule has 1 aliphatic heterocycles. The molecule has 0 atom stereocenters. The van der Waals surface area contributed by atoms with E-state index in [2.05, 4.69) is 10.1 Å². The third-order valence-corrected chi connectivity index (χ3v) is 4.11. The summed E-state index contributed by atoms with van der Waals surface area (Å²) in [5, 5.41) is 14.4. The Bertz CT molecular complexity index is 693. The first-order valence-electron chi connectivity index (χ1n) is 7.22. The van der Waals surface area contributed by atoms with Crippen LogP contribution >= 0.6 is 11.6 Å². The molecular formula is C15H17ClN4O2. The fourth-order valence-corrected chi connectivity index (χ4v) is 2.76. The van der Waals surface area contributed by atoms with Crippen LogP contribution in [0.4, 0.5) is 0 Å². The Morgan fingerprint density at radius 1 is 1.32 bits per heavy atom. The zero-order chi connectivity index (χ0) is 15.7. The van der Waals surface area contributed by atoms with Crippen LogP contribution in [0.1, 0.15) is 29.3 Å². The highest BCUT2D eigenvalue weighted by molar-refractivity contribution is 6.32. The van der Waals surface area contributed by atoms with E-state index in [4.69, 9.17) is 11.6 Å². The van der Waals surface area contributed by atoms with Crippen molar-refractivity contribution in [2.75, 3.05) is 13.1 Å². The zero-order valence-electron chi connectivity index (χ0n) is 12.2. The smallest absolute Gasteiger partial charge is 0.293 e. The van der Waals surface area contributed by atoms with Crippen molar-refractivity contribution in [3.8, 4) is 5.69 Å². The molecule has 1 N–H and O–H groups in total. The summed E-state index contributed by atoms with van der Waals surface area (Å²) in [5.74, 6) is 0.558. The third kappa shape index (κ3) is 2.84. The van der Waals surface area contributed by atoms with Gasteiger partial charge in [0.05, 0.1) is 16.8 Å². The van der Waals surface area contributed by atoms with E-state index in [-0.39, 0.29) is 17.8 Å². The Morgan fingerprint density at radius 3 is 2.68 bits per heavy atom. The van der Waals surface area contributed by atoms with E-state index >= 15 is 0 Å². The molecule has 7 heteroatoms. The zero-order valence-corrected chi connectivity index (χ0v) is 13.0. The maximum absolute atomic E-state index is 12.5. The highest BCUT2D eigenvalue weighted by atomic mass is 35.5. The lowest BCUT2D eigenvalue weighted by Gasteiger charge is -2.28. The number of rotatable bonds is 2. The predicted molar refractivity (Wildman–Crippen MR) is 82.3 cm³/mol. The quantitative estimate of drug-likeness (QED) is 0.916. The molecule has 116 valence electrons. The lowest BCUT2D eigenvalue weighted by atomic mass is 10.1. The number of carbonyl (C=O) groups is 1. The number of hydrogen-bond donors (Lipinski definition) is 1. The van der Waals surface area contributed by atoms with Gasteiger partial charge in [0.25, 0.3) is 5.91 Å². The first kappa shape index (κ1) is 15.0. The lowest BCUT2D eigenvalue weighted by molar-refractivity contribution is 0.0536. The minimum absolute atomic E-state index is 0.161. The van der Waals surface area contributed by atoms with Crippen molar-refractivity contribution in [2.45, 2.75) is 25.9 Å². The van der Waals surface area contributed by atoms with Gasteiger partial charge in [0, 0.05) is 13.1 Å². The van der Waals surface area contributed by atoms with Crippen molar-refractivity contribution in [2.24, 2.45) is 0 Å². The van der Waals surface area contributed by atoms with Gasteiger partial charge in [0.2, 0.25) is 5.82 Å². The maximum atomic E-state index is 12.5. The largest absolute Gasteiger partial charge is 0.393 e. The predicted octanol–water partition coefficient (Wildman–Crippen LogP) is 1.83. The highest BCUT2D eigenvalue weighted by Crippen LogP contribution is 2.20. The molecule has 1 aliphatic rings. The third-order valence-electron chi connectivity index (χ3n) is 3.79. The number of hydrogen-bond acceptors (Lipinski definition) is 4. The summed E-state index contributed by atoms with van der Waals surface area (Å²) in [4.78, 5) is 18.4. The van der Waals surface area contributed by atoms with Gasteiger partial charge in [-0.2, -0.15) is 0 Å². The number of aliphatic hydroxyl groups is 1. The number of halogens is 1. The number of likely N-dealkylation sites (tertiary alicyclic amines) is 1. The van der Waals surface area contributed by atoms with Crippen molar-refractivity contribution in [1.82, 2.24) is 19.7 Å². The second-order valence-electron chi connectivity index (χ2n) is 5.37. The van der Waals surface area contributed by atoms with E-state index in [1.54, 1.807) is 22.6 Å². The summed E-state index contributed by atoms with van der Waals surface area (Å²) in [6.07, 6.45) is 0.866. The average molecular weight is 321 g/mol. The van der Waals surface area contributed by atoms with E-state index in [1.807, 2.05) is 18.2 Å². The topological polar surface area (TPSA) is 71.2 Å². The number of nitrogens with zero attached hydrogens (tertiary/aromatic N) is 4. The SMILES string of the molecule is Cc1nc(C(=O)N2CCC(O)CC2)nn1-c1ccccc1Cl. The van der Waals surface area contributed by atoms with Crippen LogP contribution in [0.2, 0.25) is 5.02 Å². The van der Waals surface area contributed by atoms with Crippen LogP contribution in [-0.4, -0.2) is 49.9 Å². The van der Waals surface area contributed by atoms with Crippen molar-refractivity contribution >= 4 is 17.5 Å². The van der Waals surface area contributed by atoms with Gasteiger partial charge in [-0.15, -0.1) is 5.10 Å². The number of aryl methyl sites for hydroxylation is 1. The molecule has 6 nitrogen and oxygen atoms in total. The molecule has 1 aromatic carbocycles. The Balaban J connectivity index is 1.86. The molecule has 3 rings (SSSR count). The van der Waals surface area contributed by atoms with Crippen LogP contribution in [0.25, 0.3) is 5.69 Å². The summed E-state index contributed by atoms with van der Waals surface area (Å²) in [5.41, 5.74) is 0.697. The summed E-state index contributed by atoms with van der Waals surface area (Å²) in [7, 11) is 0. The molecule has 1 saturated heterocycles. The number of amides is 1. The highest BCUT2D eigenvalue weighted by Gasteiger charge is 2.26. The van der Waals surface area contributed by atoms with Crippen molar-refractivity contribution < 1.29 is 9.90 Å². The van der Waals surface area contributed by atoms with Crippen LogP contribution in [0.15, 0.2) is 24.3 Å². The van der Waals surface area contributed by atoms with Gasteiger partial charge in [-0.1, -0.05) is 23.7 Å². The maximum Gasteiger partial charge on any atom is 0.293 e. The van der Waals surface area contributed by atoms with E-state index in [0.717, 1.165) is 0 Å². The van der Waals surface area contributed by atoms with Crippen molar-refractivity contribution in [3.63, 3.8) is 0 Å². The Morgan fingerprint density at radius 2 is 2.00 bits per heavy atom. The lowest BCUT2D eigenvalue weighted by Crippen LogP contribution is -2.40. The van der Waals surface area contributed by atoms with E-state index in [1.165, 1.54) is 0 Å². The van der Waals surface area contributed by atoms with Crippen LogP contribution in [0, 0.1) is 6.92 Å². The van der Waals surface area contributed by atoms with Gasteiger partial charge in [-0.05, 0) is 31.9 Å². The first-order chi connectivity index (χ1) is 10.6. The monoisotopic (exact) mass is 320 g/mol. The average Bonchev–Trinajstić information content (AvgIpc) is 2.90. The minimum atomic E-state index is -0.320. The normalized spacial score (nSPS) is 16.0. The van der Waals surface area contributed by atoms with E-state index < -0.39 is 0 Å². The summed E-state index contributed by atoms with van der Waals surface area (Å²) >= 11 is 6.17. The molecule has 0 radical (unpaired) electrons. The summed E-state index contributed by atoms with van der Waals surface area (Å²) in [6.45, 7) is 2.84. The molecule has 0 saturated carbocycles. The Hall–Kier alpha value is -1.92. The van der Waals surface area contributed by atoms with Gasteiger partial charge in [0.1, 0.15) is 5.82 Å². The van der Waals surface area contributed by atoms with Gasteiger partial charge in [-0.3, -0.25) is 4.79 Å². The van der Waals surface area contributed by atoms with Crippen LogP contribution in [0.5, 0.6) is 0 Å². The van der Waals surface area contributed by atoms with Gasteiger partial charge in [-0.25, -0.2) is 9.67 Å². The number of aliphatic hydroxyl groups excluding tert-OH is 1. The number of carbonyl (C=O) groups excluding carboxylic acids is 1. The summed E-state index contributed by atoms with van der Waals surface area (Å²) < 4.78 is 1.58. The molecule has 0 aliphatic carbocycles. The van der Waals surface area contributed by atoms with E-state index in [0.29, 0.717) is 42.5 Å². The van der Waals surface area contributed by atoms with Gasteiger partial charge >= 0.3 is 0 Å². The molecule has 0 bridgehead atoms. The molecule has 0 spiro atoms. The minimum Gasteiger partial charge on any atom is -0.393 e. The Labute approximate surface area is 133 Å². The van der Waals surface area contributed by atoms with Crippen LogP contribution in [0.3, 0.4) is 0 Å². The molecule has 1 aromatic heterocycles. The number of piperidine rings is 1. The molecule has 22 heavy (non-hydrogen) atoms. The molecule has 1 fully saturated rings. The van der Waals surface area contributed by atoms with Gasteiger partial charge in [0.15, 0.2) is 0 Å².